The molecule has 1 saturated heterocycles. The summed E-state index contributed by atoms with van der Waals surface area (Å²) in [4.78, 5) is 14.7. The zero-order valence-corrected chi connectivity index (χ0v) is 33.7. The zero-order valence-electron chi connectivity index (χ0n) is 32.9. The number of anilines is 1. The van der Waals surface area contributed by atoms with Crippen LogP contribution in [0.5, 0.6) is 5.75 Å². The second-order valence-electron chi connectivity index (χ2n) is 15.2. The number of benzene rings is 1. The Morgan fingerprint density at radius 3 is 2.13 bits per heavy atom. The van der Waals surface area contributed by atoms with Gasteiger partial charge in [0, 0.05) is 6.61 Å². The van der Waals surface area contributed by atoms with Gasteiger partial charge in [-0.25, -0.2) is 14.1 Å². The molecular formula is C40H63N4O10P. The maximum absolute atomic E-state index is 13.1. The molecule has 1 aliphatic heterocycles. The van der Waals surface area contributed by atoms with Crippen molar-refractivity contribution in [2.24, 2.45) is 0 Å². The van der Waals surface area contributed by atoms with Gasteiger partial charge in [-0.15, -0.1) is 0 Å². The Bertz CT molecular complexity index is 1650. The molecule has 3 heterocycles. The predicted molar refractivity (Wildman–Crippen MR) is 209 cm³/mol. The average molecular weight is 791 g/mol. The van der Waals surface area contributed by atoms with Crippen LogP contribution in [0.2, 0.25) is 0 Å². The molecule has 0 amide bonds. The van der Waals surface area contributed by atoms with Crippen molar-refractivity contribution >= 4 is 19.2 Å². The fourth-order valence-electron chi connectivity index (χ4n) is 7.46. The minimum Gasteiger partial charge on any atom is -0.497 e. The van der Waals surface area contributed by atoms with Gasteiger partial charge in [-0.05, 0) is 43.2 Å². The molecule has 5 N–H and O–H groups in total. The van der Waals surface area contributed by atoms with Crippen LogP contribution < -0.4 is 10.5 Å². The number of hydrogen-bond donors (Lipinski definition) is 4. The lowest BCUT2D eigenvalue weighted by Crippen LogP contribution is -2.46. The molecule has 1 aromatic carbocycles. The molecule has 5 rings (SSSR count). The standard InChI is InChI=1S/C40H63N4O10P/c1-4-5-6-7-8-9-10-11-12-13-14-15-16-17-18-25-50-27-32(51-26-30-19-21-31(49-3)22-20-30)28-52-55(47,48)54-36-35-40(36,46)38(45)39(2,53-35)34-24-23-33-37(41)42-29-43-44(33)34/h19-24,29,32,35-36,38,45-46H,4-18,25-28H2,1-3H3,(H,47,48)(H2,41,42,43)/t32-,35-,36?,38+,39+,40+/m1/s1. The number of aliphatic hydroxyl groups excluding tert-OH is 1. The Kier molecular flexibility index (Phi) is 16.3. The number of aliphatic hydroxyl groups is 2. The van der Waals surface area contributed by atoms with Crippen molar-refractivity contribution in [3.63, 3.8) is 0 Å². The molecule has 2 aliphatic rings. The lowest BCUT2D eigenvalue weighted by Gasteiger charge is -2.32. The summed E-state index contributed by atoms with van der Waals surface area (Å²) in [5.41, 5.74) is 4.39. The second kappa shape index (κ2) is 20.7. The molecule has 308 valence electrons. The van der Waals surface area contributed by atoms with Gasteiger partial charge in [-0.1, -0.05) is 109 Å². The molecule has 2 aromatic heterocycles. The van der Waals surface area contributed by atoms with Crippen molar-refractivity contribution in [2.75, 3.05) is 32.7 Å². The number of aromatic nitrogens is 3. The number of nitrogens with zero attached hydrogens (tertiary/aromatic N) is 3. The summed E-state index contributed by atoms with van der Waals surface area (Å²) < 4.78 is 48.7. The molecule has 15 heteroatoms. The van der Waals surface area contributed by atoms with E-state index in [0.717, 1.165) is 24.2 Å². The smallest absolute Gasteiger partial charge is 0.472 e. The second-order valence-corrected chi connectivity index (χ2v) is 16.6. The van der Waals surface area contributed by atoms with Crippen LogP contribution in [0.3, 0.4) is 0 Å². The van der Waals surface area contributed by atoms with Crippen molar-refractivity contribution < 1.29 is 47.7 Å². The van der Waals surface area contributed by atoms with Crippen molar-refractivity contribution in [1.82, 2.24) is 14.6 Å². The van der Waals surface area contributed by atoms with E-state index >= 15 is 0 Å². The Hall–Kier alpha value is -2.65. The van der Waals surface area contributed by atoms with E-state index in [1.807, 2.05) is 24.3 Å². The maximum Gasteiger partial charge on any atom is 0.472 e. The molecule has 0 radical (unpaired) electrons. The van der Waals surface area contributed by atoms with Crippen LogP contribution in [0.4, 0.5) is 5.82 Å². The fourth-order valence-corrected chi connectivity index (χ4v) is 8.44. The number of fused-ring (bicyclic) bond motifs is 2. The number of methoxy groups -OCH3 is 1. The Morgan fingerprint density at radius 2 is 1.55 bits per heavy atom. The summed E-state index contributed by atoms with van der Waals surface area (Å²) >= 11 is 0. The summed E-state index contributed by atoms with van der Waals surface area (Å²) in [6.07, 6.45) is 15.9. The first kappa shape index (κ1) is 43.5. The molecule has 14 nitrogen and oxygen atoms in total. The van der Waals surface area contributed by atoms with Crippen LogP contribution in [0.25, 0.3) is 5.52 Å². The molecular weight excluding hydrogens is 727 g/mol. The van der Waals surface area contributed by atoms with Crippen LogP contribution >= 0.6 is 7.82 Å². The van der Waals surface area contributed by atoms with Gasteiger partial charge >= 0.3 is 7.82 Å². The van der Waals surface area contributed by atoms with Crippen molar-refractivity contribution in [1.29, 1.82) is 0 Å². The zero-order chi connectivity index (χ0) is 39.3. The number of phosphoric ester groups is 1. The molecule has 0 spiro atoms. The highest BCUT2D eigenvalue weighted by Crippen LogP contribution is 2.63. The molecule has 55 heavy (non-hydrogen) atoms. The number of nitrogen functional groups attached to an aromatic ring is 1. The van der Waals surface area contributed by atoms with Gasteiger partial charge in [0.1, 0.15) is 47.6 Å². The average Bonchev–Trinajstić information content (AvgIpc) is 3.42. The fraction of sp³-hybridized carbons (Fsp3) is 0.700. The number of hydrogen-bond acceptors (Lipinski definition) is 12. The molecule has 1 aliphatic carbocycles. The predicted octanol–water partition coefficient (Wildman–Crippen LogP) is 7.02. The minimum atomic E-state index is -4.74. The number of unbranched alkanes of at least 4 members (excludes halogenated alkanes) is 14. The molecule has 2 fully saturated rings. The Balaban J connectivity index is 1.02. The summed E-state index contributed by atoms with van der Waals surface area (Å²) in [6.45, 7) is 4.44. The third kappa shape index (κ3) is 11.5. The van der Waals surface area contributed by atoms with E-state index in [2.05, 4.69) is 17.0 Å². The molecule has 2 unspecified atom stereocenters. The topological polar surface area (TPSA) is 189 Å². The summed E-state index contributed by atoms with van der Waals surface area (Å²) in [5.74, 6) is 0.956. The van der Waals surface area contributed by atoms with Crippen LogP contribution in [0.15, 0.2) is 42.7 Å². The monoisotopic (exact) mass is 790 g/mol. The first-order chi connectivity index (χ1) is 26.5. The van der Waals surface area contributed by atoms with Crippen molar-refractivity contribution in [2.45, 2.75) is 152 Å². The van der Waals surface area contributed by atoms with E-state index in [4.69, 9.17) is 33.7 Å². The lowest BCUT2D eigenvalue weighted by atomic mass is 9.91. The summed E-state index contributed by atoms with van der Waals surface area (Å²) in [7, 11) is -3.14. The quantitative estimate of drug-likeness (QED) is 0.0434. The SMILES string of the molecule is CCCCCCCCCCCCCCCCCOC[C@H](COP(=O)(O)OC1[C@H]2O[C@@](C)(c3ccc4c(N)ncnn34)[C@H](O)[C@@]12O)OCc1ccc(OC)cc1. The van der Waals surface area contributed by atoms with Gasteiger partial charge in [0.05, 0.1) is 32.6 Å². The van der Waals surface area contributed by atoms with Crippen molar-refractivity contribution in [3.05, 3.63) is 54.0 Å². The normalized spacial score (nSPS) is 24.9. The highest BCUT2D eigenvalue weighted by molar-refractivity contribution is 7.47. The van der Waals surface area contributed by atoms with E-state index in [1.165, 1.54) is 94.3 Å². The van der Waals surface area contributed by atoms with Gasteiger partial charge in [-0.3, -0.25) is 9.05 Å². The number of nitrogens with two attached hydrogens (primary N) is 1. The minimum absolute atomic E-state index is 0.143. The van der Waals surface area contributed by atoms with E-state index in [9.17, 15) is 19.7 Å². The summed E-state index contributed by atoms with van der Waals surface area (Å²) in [6, 6.07) is 10.7. The number of rotatable bonds is 28. The van der Waals surface area contributed by atoms with Crippen LogP contribution in [-0.2, 0) is 40.0 Å². The molecule has 7 atom stereocenters. The first-order valence-corrected chi connectivity index (χ1v) is 21.7. The van der Waals surface area contributed by atoms with E-state index < -0.39 is 43.4 Å². The van der Waals surface area contributed by atoms with E-state index in [1.54, 1.807) is 26.2 Å². The van der Waals surface area contributed by atoms with Gasteiger partial charge in [0.15, 0.2) is 11.4 Å². The summed E-state index contributed by atoms with van der Waals surface area (Å²) in [5, 5.41) is 26.8. The van der Waals surface area contributed by atoms with Gasteiger partial charge in [0.25, 0.3) is 0 Å². The van der Waals surface area contributed by atoms with Gasteiger partial charge in [-0.2, -0.15) is 5.10 Å². The van der Waals surface area contributed by atoms with E-state index in [-0.39, 0.29) is 25.6 Å². The highest BCUT2D eigenvalue weighted by atomic mass is 31.2. The van der Waals surface area contributed by atoms with Crippen LogP contribution in [0, 0.1) is 0 Å². The lowest BCUT2D eigenvalue weighted by molar-refractivity contribution is -0.127. The highest BCUT2D eigenvalue weighted by Gasteiger charge is 2.82. The van der Waals surface area contributed by atoms with Crippen LogP contribution in [0.1, 0.15) is 121 Å². The van der Waals surface area contributed by atoms with Gasteiger partial charge < -0.3 is 39.8 Å². The Morgan fingerprint density at radius 1 is 0.927 bits per heavy atom. The third-order valence-corrected chi connectivity index (χ3v) is 11.9. The van der Waals surface area contributed by atoms with E-state index in [0.29, 0.717) is 17.8 Å². The largest absolute Gasteiger partial charge is 0.497 e. The van der Waals surface area contributed by atoms with Crippen LogP contribution in [-0.4, -0.2) is 86.7 Å². The number of phosphoric acid groups is 1. The molecule has 3 aromatic rings. The molecule has 0 bridgehead atoms. The Labute approximate surface area is 325 Å². The maximum atomic E-state index is 13.1. The van der Waals surface area contributed by atoms with Crippen molar-refractivity contribution in [3.8, 4) is 5.75 Å². The molecule has 1 saturated carbocycles. The van der Waals surface area contributed by atoms with Gasteiger partial charge in [0.2, 0.25) is 0 Å². The first-order valence-electron chi connectivity index (χ1n) is 20.2. The number of ether oxygens (including phenoxy) is 4. The third-order valence-electron chi connectivity index (χ3n) is 10.9.